The average Bonchev–Trinajstić information content (AvgIpc) is 0.819. The van der Waals surface area contributed by atoms with Gasteiger partial charge in [0.15, 0.2) is 0 Å². The fourth-order valence-corrected chi connectivity index (χ4v) is 30.5. The molecule has 0 nitrogen and oxygen atoms in total. The van der Waals surface area contributed by atoms with Gasteiger partial charge in [0.05, 0.1) is 95.3 Å². The maximum absolute atomic E-state index is 9.75. The fourth-order valence-electron chi connectivity index (χ4n) is 12.6. The van der Waals surface area contributed by atoms with Gasteiger partial charge in [0, 0.05) is 50.1 Å². The summed E-state index contributed by atoms with van der Waals surface area (Å²) in [6, 6.07) is 149. The maximum atomic E-state index is 9.75. The van der Waals surface area contributed by atoms with Crippen LogP contribution in [0.4, 0.5) is 34.5 Å². The molecule has 14 aromatic carbocycles. The van der Waals surface area contributed by atoms with Crippen LogP contribution in [0, 0.1) is 0 Å². The molecule has 14 aromatic rings. The van der Waals surface area contributed by atoms with Gasteiger partial charge in [0.2, 0.25) is 0 Å². The second-order valence-corrected chi connectivity index (χ2v) is 40.9. The van der Waals surface area contributed by atoms with Crippen LogP contribution in [-0.4, -0.2) is 44.5 Å². The van der Waals surface area contributed by atoms with Crippen LogP contribution < -0.4 is 74.3 Å². The summed E-state index contributed by atoms with van der Waals surface area (Å²) in [6.07, 6.45) is 8.97. The van der Waals surface area contributed by atoms with E-state index in [1.54, 1.807) is 0 Å². The summed E-state index contributed by atoms with van der Waals surface area (Å²) in [4.78, 5) is 0. The van der Waals surface area contributed by atoms with Crippen LogP contribution in [0.3, 0.4) is 0 Å². The van der Waals surface area contributed by atoms with E-state index in [4.69, 9.17) is 23.2 Å². The summed E-state index contributed by atoms with van der Waals surface area (Å²) in [6.45, 7) is 7.96. The number of benzene rings is 14. The number of hydrogen-bond donors (Lipinski definition) is 0. The van der Waals surface area contributed by atoms with Gasteiger partial charge in [0.1, 0.15) is 56.5 Å². The van der Waals surface area contributed by atoms with E-state index in [-0.39, 0.29) is 44.3 Å². The molecule has 0 fully saturated rings. The van der Waals surface area contributed by atoms with E-state index in [1.807, 2.05) is 12.2 Å². The molecule has 14 rings (SSSR count). The number of halogens is 10. The average molecular weight is 1840 g/mol. The van der Waals surface area contributed by atoms with Crippen molar-refractivity contribution in [1.29, 1.82) is 0 Å². The van der Waals surface area contributed by atoms with Crippen molar-refractivity contribution in [3.05, 3.63) is 437 Å². The molecule has 0 aliphatic heterocycles. The Morgan fingerprint density at radius 1 is 0.212 bits per heavy atom. The monoisotopic (exact) mass is 1840 g/mol. The van der Waals surface area contributed by atoms with Gasteiger partial charge in [-0.3, -0.25) is 0 Å². The molecule has 0 aliphatic carbocycles. The van der Waals surface area contributed by atoms with Crippen LogP contribution in [0.25, 0.3) is 12.2 Å². The summed E-state index contributed by atoms with van der Waals surface area (Å²) < 4.78 is 78.0. The third-order valence-corrected chi connectivity index (χ3v) is 35.3. The third-order valence-electron chi connectivity index (χ3n) is 17.4. The molecule has 0 aromatic heterocycles. The van der Waals surface area contributed by atoms with E-state index in [0.29, 0.717) is 0 Å². The van der Waals surface area contributed by atoms with Crippen molar-refractivity contribution in [2.75, 3.05) is 30.0 Å². The Kier molecular flexibility index (Phi) is 44.2. The van der Waals surface area contributed by atoms with Crippen LogP contribution in [0.15, 0.2) is 426 Å². The first-order valence-corrected chi connectivity index (χ1v) is 47.1. The summed E-state index contributed by atoms with van der Waals surface area (Å²) in [5.74, 6) is 0. The first-order chi connectivity index (χ1) is 54.0. The molecule has 0 atom stereocenters. The van der Waals surface area contributed by atoms with Crippen LogP contribution in [0.5, 0.6) is 0 Å². The summed E-state index contributed by atoms with van der Waals surface area (Å²) >= 11 is 9.53. The van der Waals surface area contributed by atoms with Gasteiger partial charge < -0.3 is 34.5 Å². The van der Waals surface area contributed by atoms with E-state index < -0.39 is 62.0 Å². The minimum absolute atomic E-state index is 0. The Labute approximate surface area is 706 Å². The third kappa shape index (κ3) is 33.7. The smallest absolute Gasteiger partial charge is 0.418 e. The molecule has 113 heavy (non-hydrogen) atoms. The zero-order chi connectivity index (χ0) is 78.7. The molecule has 0 bridgehead atoms. The Morgan fingerprint density at radius 2 is 0.327 bits per heavy atom. The second kappa shape index (κ2) is 52.9. The van der Waals surface area contributed by atoms with Crippen molar-refractivity contribution < 1.29 is 73.5 Å². The van der Waals surface area contributed by atoms with Crippen molar-refractivity contribution >= 4 is 172 Å². The first-order valence-electron chi connectivity index (χ1n) is 36.2. The van der Waals surface area contributed by atoms with Crippen molar-refractivity contribution in [1.82, 2.24) is 0 Å². The largest absolute Gasteiger partial charge is 0.673 e. The van der Waals surface area contributed by atoms with Gasteiger partial charge in [0.25, 0.3) is 0 Å². The summed E-state index contributed by atoms with van der Waals surface area (Å²) in [7, 11) is -17.1. The van der Waals surface area contributed by atoms with Crippen molar-refractivity contribution in [3.63, 3.8) is 0 Å². The fraction of sp³-hybridized carbons (Fsp3) is 0.0538. The van der Waals surface area contributed by atoms with E-state index in [2.05, 4.69) is 426 Å². The van der Waals surface area contributed by atoms with Crippen LogP contribution >= 0.6 is 70.7 Å². The Hall–Kier alpha value is -7.46. The minimum atomic E-state index is -6.00. The van der Waals surface area contributed by atoms with Gasteiger partial charge in [-0.15, -0.1) is 23.2 Å². The van der Waals surface area contributed by atoms with E-state index in [9.17, 15) is 34.5 Å². The van der Waals surface area contributed by atoms with Gasteiger partial charge in [-0.2, -0.15) is 0 Å². The summed E-state index contributed by atoms with van der Waals surface area (Å²) in [5, 5.41) is 20.7. The van der Waals surface area contributed by atoms with Crippen molar-refractivity contribution in [2.24, 2.45) is 0 Å². The predicted octanol–water partition coefficient (Wildman–Crippen LogP) is 21.1. The molecular formula is C93H90B2Cl2F8P6Rh2+4. The molecule has 582 valence electrons. The van der Waals surface area contributed by atoms with Gasteiger partial charge >= 0.3 is 14.5 Å². The Bertz CT molecular complexity index is 4120. The molecule has 2 radical (unpaired) electrons. The predicted molar refractivity (Wildman–Crippen MR) is 492 cm³/mol. The second-order valence-electron chi connectivity index (χ2n) is 24.7. The van der Waals surface area contributed by atoms with Crippen LogP contribution in [0.2, 0.25) is 0 Å². The zero-order valence-corrected chi connectivity index (χ0v) is 72.8. The minimum Gasteiger partial charge on any atom is -0.418 e. The zero-order valence-electron chi connectivity index (χ0n) is 62.0. The molecule has 0 unspecified atom stereocenters. The molecule has 0 spiro atoms. The number of rotatable bonds is 22. The molecule has 0 amide bonds. The first kappa shape index (κ1) is 94.4. The van der Waals surface area contributed by atoms with Crippen LogP contribution in [-0.2, 0) is 39.0 Å². The van der Waals surface area contributed by atoms with Crippen molar-refractivity contribution in [2.45, 2.75) is 0 Å². The van der Waals surface area contributed by atoms with E-state index in [0.717, 1.165) is 0 Å². The number of alkyl halides is 2. The van der Waals surface area contributed by atoms with Gasteiger partial charge in [-0.25, -0.2) is 0 Å². The van der Waals surface area contributed by atoms with E-state index >= 15 is 0 Å². The SMILES string of the molecule is C=Cc1ccccc1[PH+](c1ccccc1)c1ccccc1.C=Cc1ccccc1[PH+](c1ccccc1)c1ccccc1.ClCCl.F[B-](F)(F)F.F[B-](F)(F)F.[Rh].[Rh].c1ccc([PH+](CC[PH+](c2ccccc2)c2ccccc2)c2ccccc2)cc1.c1ccc([PH+](CC[PH+](c2ccccc2)c2ccccc2)c2ccccc2)cc1. The molecule has 0 heterocycles. The quantitative estimate of drug-likeness (QED) is 0.0275. The Morgan fingerprint density at radius 3 is 0.460 bits per heavy atom. The van der Waals surface area contributed by atoms with Gasteiger partial charge in [-0.05, 0) is 158 Å². The molecule has 0 saturated heterocycles. The Balaban J connectivity index is 0.000000223. The molecular weight excluding hydrogens is 1750 g/mol. The molecule has 0 saturated carbocycles. The maximum Gasteiger partial charge on any atom is 0.673 e. The summed E-state index contributed by atoms with van der Waals surface area (Å²) in [5.41, 5.74) is 2.47. The van der Waals surface area contributed by atoms with Crippen LogP contribution in [0.1, 0.15) is 11.1 Å². The molecule has 0 N–H and O–H groups in total. The van der Waals surface area contributed by atoms with E-state index in [1.165, 1.54) is 110 Å². The van der Waals surface area contributed by atoms with Gasteiger partial charge in [-0.1, -0.05) is 280 Å². The standard InChI is InChI=1S/2C26H24P2.2C20H17P.CH2Cl2.2BF4.2Rh/c2*1-5-13-23(14-6-1)27(24-15-7-2-8-16-24)21-22-28(25-17-9-3-10-18-25)26-19-11-4-12-20-26;2*1-2-17-11-9-10-16-20(17)21(18-12-5-3-6-13-18)19-14-7-4-8-15-19;2-1-3;2*2-1(3,4)5;;/h2*1-20H,21-22H2;2*2-16H,1H2;1H2;;;;/q;;;;;2*-1;;/p+6. The molecule has 20 heteroatoms. The normalized spacial score (nSPS) is 10.6. The topological polar surface area (TPSA) is 0 Å². The van der Waals surface area contributed by atoms with Crippen molar-refractivity contribution in [3.8, 4) is 0 Å². The number of hydrogen-bond acceptors (Lipinski definition) is 0. The molecule has 0 aliphatic rings.